The van der Waals surface area contributed by atoms with Crippen LogP contribution in [0.15, 0.2) is 16.7 Å². The number of piperidine rings is 1. The number of aromatic nitrogens is 2. The molecule has 1 aliphatic rings. The Morgan fingerprint density at radius 3 is 3.05 bits per heavy atom. The Morgan fingerprint density at radius 1 is 1.45 bits per heavy atom. The van der Waals surface area contributed by atoms with E-state index < -0.39 is 0 Å². The number of halogens is 1. The molecule has 0 unspecified atom stereocenters. The quantitative estimate of drug-likeness (QED) is 0.842. The van der Waals surface area contributed by atoms with Crippen molar-refractivity contribution >= 4 is 17.3 Å². The summed E-state index contributed by atoms with van der Waals surface area (Å²) in [6.07, 6.45) is 4.33. The maximum atomic E-state index is 6.08. The third kappa shape index (κ3) is 3.18. The second-order valence-electron chi connectivity index (χ2n) is 5.44. The van der Waals surface area contributed by atoms with Crippen LogP contribution >= 0.6 is 11.6 Å². The number of hydrogen-bond donors (Lipinski definition) is 2. The Morgan fingerprint density at radius 2 is 2.32 bits per heavy atom. The number of benzene rings is 1. The molecule has 2 aromatic rings. The lowest BCUT2D eigenvalue weighted by Crippen LogP contribution is -2.35. The molecule has 0 bridgehead atoms. The summed E-state index contributed by atoms with van der Waals surface area (Å²) in [4.78, 5) is 4.46. The van der Waals surface area contributed by atoms with Gasteiger partial charge in [0.2, 0.25) is 11.7 Å². The van der Waals surface area contributed by atoms with Crippen LogP contribution in [-0.4, -0.2) is 29.8 Å². The fraction of sp³-hybridized carbons (Fsp3) is 0.467. The average Bonchev–Trinajstić information content (AvgIpc) is 2.99. The van der Waals surface area contributed by atoms with E-state index in [0.29, 0.717) is 39.8 Å². The van der Waals surface area contributed by atoms with Crippen molar-refractivity contribution in [1.82, 2.24) is 15.5 Å². The Balaban J connectivity index is 1.82. The maximum absolute atomic E-state index is 6.08. The molecule has 0 spiro atoms. The van der Waals surface area contributed by atoms with E-state index >= 15 is 0 Å². The Kier molecular flexibility index (Phi) is 4.49. The largest absolute Gasteiger partial charge is 0.496 e. The van der Waals surface area contributed by atoms with Gasteiger partial charge in [0.1, 0.15) is 5.75 Å². The van der Waals surface area contributed by atoms with Gasteiger partial charge in [-0.15, -0.1) is 0 Å². The van der Waals surface area contributed by atoms with E-state index in [1.165, 1.54) is 12.8 Å². The Hall–Kier alpha value is -1.79. The first-order valence-corrected chi connectivity index (χ1v) is 7.74. The van der Waals surface area contributed by atoms with Crippen LogP contribution in [0, 0.1) is 0 Å². The molecule has 2 heterocycles. The first-order chi connectivity index (χ1) is 10.7. The number of nitrogens with zero attached hydrogens (tertiary/aromatic N) is 2. The molecule has 3 N–H and O–H groups in total. The lowest BCUT2D eigenvalue weighted by Gasteiger charge is -2.21. The van der Waals surface area contributed by atoms with Crippen LogP contribution in [0.25, 0.3) is 11.4 Å². The van der Waals surface area contributed by atoms with Crippen LogP contribution in [0.1, 0.15) is 25.2 Å². The highest BCUT2D eigenvalue weighted by molar-refractivity contribution is 6.33. The molecule has 1 atom stereocenters. The van der Waals surface area contributed by atoms with Gasteiger partial charge in [-0.25, -0.2) is 0 Å². The molecule has 7 heteroatoms. The molecule has 1 fully saturated rings. The van der Waals surface area contributed by atoms with Crippen LogP contribution in [0.2, 0.25) is 5.02 Å². The highest BCUT2D eigenvalue weighted by Crippen LogP contribution is 2.34. The second kappa shape index (κ2) is 6.54. The van der Waals surface area contributed by atoms with Gasteiger partial charge in [-0.3, -0.25) is 0 Å². The van der Waals surface area contributed by atoms with Crippen molar-refractivity contribution in [2.75, 3.05) is 19.4 Å². The van der Waals surface area contributed by atoms with Gasteiger partial charge in [-0.05, 0) is 25.5 Å². The molecular weight excluding hydrogens is 304 g/mol. The van der Waals surface area contributed by atoms with Gasteiger partial charge in [0.25, 0.3) is 0 Å². The molecule has 0 radical (unpaired) electrons. The highest BCUT2D eigenvalue weighted by atomic mass is 35.5. The summed E-state index contributed by atoms with van der Waals surface area (Å²) >= 11 is 6.08. The van der Waals surface area contributed by atoms with E-state index in [2.05, 4.69) is 15.5 Å². The van der Waals surface area contributed by atoms with Gasteiger partial charge in [0.15, 0.2) is 0 Å². The minimum atomic E-state index is 0.402. The van der Waals surface area contributed by atoms with Crippen LogP contribution in [0.5, 0.6) is 5.75 Å². The topological polar surface area (TPSA) is 86.2 Å². The molecule has 1 aliphatic heterocycles. The van der Waals surface area contributed by atoms with E-state index in [1.807, 2.05) is 0 Å². The smallest absolute Gasteiger partial charge is 0.228 e. The van der Waals surface area contributed by atoms with Crippen LogP contribution in [0.3, 0.4) is 0 Å². The summed E-state index contributed by atoms with van der Waals surface area (Å²) in [6.45, 7) is 1.05. The lowest BCUT2D eigenvalue weighted by atomic mass is 10.0. The van der Waals surface area contributed by atoms with Crippen molar-refractivity contribution in [3.8, 4) is 17.1 Å². The predicted molar refractivity (Wildman–Crippen MR) is 85.1 cm³/mol. The number of hydrogen-bond acceptors (Lipinski definition) is 6. The van der Waals surface area contributed by atoms with E-state index in [0.717, 1.165) is 19.4 Å². The molecule has 0 aliphatic carbocycles. The first kappa shape index (κ1) is 15.1. The van der Waals surface area contributed by atoms with Gasteiger partial charge in [0.05, 0.1) is 23.4 Å². The second-order valence-corrected chi connectivity index (χ2v) is 5.84. The normalized spacial score (nSPS) is 18.4. The van der Waals surface area contributed by atoms with E-state index in [1.54, 1.807) is 19.2 Å². The van der Waals surface area contributed by atoms with Gasteiger partial charge >= 0.3 is 0 Å². The number of methoxy groups -OCH3 is 1. The van der Waals surface area contributed by atoms with Crippen molar-refractivity contribution < 1.29 is 9.26 Å². The fourth-order valence-electron chi connectivity index (χ4n) is 2.67. The van der Waals surface area contributed by atoms with Crippen LogP contribution < -0.4 is 15.8 Å². The summed E-state index contributed by atoms with van der Waals surface area (Å²) in [5, 5.41) is 7.94. The Labute approximate surface area is 134 Å². The monoisotopic (exact) mass is 322 g/mol. The van der Waals surface area contributed by atoms with E-state index in [9.17, 15) is 0 Å². The minimum Gasteiger partial charge on any atom is -0.496 e. The number of rotatable bonds is 4. The SMILES string of the molecule is COc1cc(N)c(Cl)cc1-c1noc(C[C@H]2CCCCN2)n1. The summed E-state index contributed by atoms with van der Waals surface area (Å²) in [5.41, 5.74) is 6.92. The lowest BCUT2D eigenvalue weighted by molar-refractivity contribution is 0.331. The molecule has 1 aromatic heterocycles. The van der Waals surface area contributed by atoms with Gasteiger partial charge in [-0.2, -0.15) is 4.98 Å². The number of nitrogens with one attached hydrogen (secondary N) is 1. The predicted octanol–water partition coefficient (Wildman–Crippen LogP) is 2.67. The molecule has 0 saturated carbocycles. The molecule has 118 valence electrons. The molecule has 6 nitrogen and oxygen atoms in total. The van der Waals surface area contributed by atoms with Crippen LogP contribution in [-0.2, 0) is 6.42 Å². The van der Waals surface area contributed by atoms with E-state index in [-0.39, 0.29) is 0 Å². The fourth-order valence-corrected chi connectivity index (χ4v) is 2.83. The van der Waals surface area contributed by atoms with Crippen molar-refractivity contribution in [2.45, 2.75) is 31.7 Å². The summed E-state index contributed by atoms with van der Waals surface area (Å²) in [7, 11) is 1.57. The number of nitrogens with two attached hydrogens (primary N) is 1. The molecule has 3 rings (SSSR count). The Bertz CT molecular complexity index is 653. The molecule has 22 heavy (non-hydrogen) atoms. The van der Waals surface area contributed by atoms with Crippen molar-refractivity contribution in [2.24, 2.45) is 0 Å². The molecule has 1 aromatic carbocycles. The zero-order chi connectivity index (χ0) is 15.5. The minimum absolute atomic E-state index is 0.402. The summed E-state index contributed by atoms with van der Waals surface area (Å²) < 4.78 is 10.7. The van der Waals surface area contributed by atoms with Gasteiger partial charge in [0, 0.05) is 18.5 Å². The standard InChI is InChI=1S/C15H19ClN4O2/c1-21-13-8-12(17)11(16)7-10(13)15-19-14(22-20-15)6-9-4-2-3-5-18-9/h7-9,18H,2-6,17H2,1H3/t9-/m1/s1. The maximum Gasteiger partial charge on any atom is 0.228 e. The van der Waals surface area contributed by atoms with Crippen LogP contribution in [0.4, 0.5) is 5.69 Å². The summed E-state index contributed by atoms with van der Waals surface area (Å²) in [5.74, 6) is 1.65. The van der Waals surface area contributed by atoms with Gasteiger partial charge in [-0.1, -0.05) is 23.2 Å². The highest BCUT2D eigenvalue weighted by Gasteiger charge is 2.19. The number of anilines is 1. The molecule has 1 saturated heterocycles. The first-order valence-electron chi connectivity index (χ1n) is 7.36. The van der Waals surface area contributed by atoms with Crippen molar-refractivity contribution in [3.05, 3.63) is 23.0 Å². The van der Waals surface area contributed by atoms with Crippen molar-refractivity contribution in [3.63, 3.8) is 0 Å². The zero-order valence-electron chi connectivity index (χ0n) is 12.4. The third-order valence-electron chi connectivity index (χ3n) is 3.86. The summed E-state index contributed by atoms with van der Waals surface area (Å²) in [6, 6.07) is 3.76. The average molecular weight is 323 g/mol. The molecular formula is C15H19ClN4O2. The van der Waals surface area contributed by atoms with E-state index in [4.69, 9.17) is 26.6 Å². The van der Waals surface area contributed by atoms with Gasteiger partial charge < -0.3 is 20.3 Å². The number of ether oxygens (including phenoxy) is 1. The zero-order valence-corrected chi connectivity index (χ0v) is 13.2. The van der Waals surface area contributed by atoms with Crippen molar-refractivity contribution in [1.29, 1.82) is 0 Å². The molecule has 0 amide bonds. The third-order valence-corrected chi connectivity index (χ3v) is 4.19. The number of nitrogen functional groups attached to an aromatic ring is 1.